The van der Waals surface area contributed by atoms with Crippen LogP contribution < -0.4 is 14.4 Å². The highest BCUT2D eigenvalue weighted by Crippen LogP contribution is 2.53. The van der Waals surface area contributed by atoms with Crippen molar-refractivity contribution in [3.63, 3.8) is 0 Å². The Morgan fingerprint density at radius 3 is 2.66 bits per heavy atom. The van der Waals surface area contributed by atoms with E-state index in [1.807, 2.05) is 61.7 Å². The molecule has 2 aliphatic carbocycles. The first kappa shape index (κ1) is 33.6. The molecule has 7 nitrogen and oxygen atoms in total. The molecule has 1 spiro atoms. The Kier molecular flexibility index (Phi) is 9.39. The van der Waals surface area contributed by atoms with E-state index in [1.165, 1.54) is 11.1 Å². The van der Waals surface area contributed by atoms with Crippen LogP contribution in [0.25, 0.3) is 0 Å². The number of anilines is 1. The van der Waals surface area contributed by atoms with Gasteiger partial charge in [0.15, 0.2) is 0 Å². The number of carbonyl (C=O) groups excluding carboxylic acids is 1. The number of nitrogens with zero attached hydrogens (tertiary/aromatic N) is 1. The van der Waals surface area contributed by atoms with E-state index in [2.05, 4.69) is 21.8 Å². The Morgan fingerprint density at radius 1 is 1.09 bits per heavy atom. The second-order valence-electron chi connectivity index (χ2n) is 14.5. The molecule has 2 N–H and O–H groups in total. The first-order valence-electron chi connectivity index (χ1n) is 17.0. The van der Waals surface area contributed by atoms with E-state index in [9.17, 15) is 18.3 Å². The molecular formula is C36H45ClN2O5S3. The van der Waals surface area contributed by atoms with Gasteiger partial charge in [-0.25, -0.2) is 13.1 Å². The lowest BCUT2D eigenvalue weighted by Crippen LogP contribution is -2.55. The van der Waals surface area contributed by atoms with Gasteiger partial charge in [0.05, 0.1) is 22.6 Å². The quantitative estimate of drug-likeness (QED) is 0.316. The molecule has 2 fully saturated rings. The summed E-state index contributed by atoms with van der Waals surface area (Å²) >= 11 is 10.2. The van der Waals surface area contributed by atoms with Gasteiger partial charge in [0.1, 0.15) is 11.4 Å². The average molecular weight is 717 g/mol. The van der Waals surface area contributed by atoms with E-state index in [-0.39, 0.29) is 45.0 Å². The van der Waals surface area contributed by atoms with Gasteiger partial charge >= 0.3 is 0 Å². The molecule has 1 amide bonds. The Hall–Kier alpha value is -1.85. The predicted octanol–water partition coefficient (Wildman–Crippen LogP) is 6.67. The number of rotatable bonds is 1. The van der Waals surface area contributed by atoms with Crippen molar-refractivity contribution in [2.24, 2.45) is 23.7 Å². The van der Waals surface area contributed by atoms with Crippen LogP contribution in [0.4, 0.5) is 5.69 Å². The summed E-state index contributed by atoms with van der Waals surface area (Å²) in [6.45, 7) is 5.79. The highest BCUT2D eigenvalue weighted by Gasteiger charge is 2.52. The van der Waals surface area contributed by atoms with Crippen molar-refractivity contribution in [3.8, 4) is 5.75 Å². The third-order valence-electron chi connectivity index (χ3n) is 11.3. The number of hydrogen-bond acceptors (Lipinski definition) is 8. The Morgan fingerprint density at radius 2 is 1.89 bits per heavy atom. The normalized spacial score (nSPS) is 35.0. The second kappa shape index (κ2) is 13.1. The SMILES string of the molecule is C[C@@H]1CS(=O)(=O)NC(=O)c2ccc3c(c2)N(C[C@@H]2CC[C@H]2[C@](O)(C2SCCCS2)/C=C/[C@@H]1C)C[C@@]1(CCCc2cc(Cl)ccc21)CO3. The monoisotopic (exact) mass is 716 g/mol. The van der Waals surface area contributed by atoms with Crippen LogP contribution >= 0.6 is 35.1 Å². The van der Waals surface area contributed by atoms with Crippen LogP contribution in [-0.4, -0.2) is 66.6 Å². The highest BCUT2D eigenvalue weighted by molar-refractivity contribution is 8.17. The topological polar surface area (TPSA) is 95.9 Å². The van der Waals surface area contributed by atoms with Gasteiger partial charge in [0.2, 0.25) is 10.0 Å². The fraction of sp³-hybridized carbons (Fsp3) is 0.583. The highest BCUT2D eigenvalue weighted by atomic mass is 35.5. The molecule has 3 heterocycles. The van der Waals surface area contributed by atoms with E-state index in [0.717, 1.165) is 60.7 Å². The summed E-state index contributed by atoms with van der Waals surface area (Å²) in [6.07, 6.45) is 10.1. The Labute approximate surface area is 292 Å². The number of allylic oxidation sites excluding steroid dienone is 1. The summed E-state index contributed by atoms with van der Waals surface area (Å²) in [5.74, 6) is 1.87. The van der Waals surface area contributed by atoms with Gasteiger partial charge in [0.25, 0.3) is 5.91 Å². The number of ether oxygens (including phenoxy) is 1. The first-order valence-corrected chi connectivity index (χ1v) is 21.1. The fourth-order valence-electron chi connectivity index (χ4n) is 8.30. The van der Waals surface area contributed by atoms with Crippen LogP contribution in [0.1, 0.15) is 67.4 Å². The molecule has 3 aliphatic heterocycles. The van der Waals surface area contributed by atoms with Crippen molar-refractivity contribution in [1.29, 1.82) is 0 Å². The maximum absolute atomic E-state index is 13.4. The minimum absolute atomic E-state index is 0.0254. The number of carbonyl (C=O) groups is 1. The van der Waals surface area contributed by atoms with Crippen molar-refractivity contribution >= 4 is 56.7 Å². The molecular weight excluding hydrogens is 672 g/mol. The van der Waals surface area contributed by atoms with Crippen molar-refractivity contribution in [1.82, 2.24) is 4.72 Å². The summed E-state index contributed by atoms with van der Waals surface area (Å²) < 4.78 is 35.5. The van der Waals surface area contributed by atoms with Gasteiger partial charge in [-0.2, -0.15) is 0 Å². The molecule has 254 valence electrons. The number of amides is 1. The Balaban J connectivity index is 1.32. The number of fused-ring (bicyclic) bond motifs is 4. The van der Waals surface area contributed by atoms with Gasteiger partial charge in [-0.15, -0.1) is 23.5 Å². The third kappa shape index (κ3) is 6.58. The summed E-state index contributed by atoms with van der Waals surface area (Å²) in [5, 5.41) is 13.4. The van der Waals surface area contributed by atoms with E-state index in [0.29, 0.717) is 25.4 Å². The smallest absolute Gasteiger partial charge is 0.264 e. The standard InChI is InChI=1S/C36H45ClN2O5S3/c1-23-12-14-36(41,34-45-15-4-16-46-34)30-9-6-27(30)19-39-21-35(13-3-5-25-17-28(37)8-10-29(25)35)22-44-32-11-7-26(18-31(32)39)33(40)38-47(42,43)20-24(23)2/h7-8,10-12,14,17-18,23-24,27,30,34,41H,3-6,9,13,15-16,19-22H2,1-2H3,(H,38,40)/b14-12+/t23-,24+,27-,30+,35-,36-/m0/s1. The molecule has 47 heavy (non-hydrogen) atoms. The van der Waals surface area contributed by atoms with Gasteiger partial charge < -0.3 is 14.7 Å². The minimum Gasteiger partial charge on any atom is -0.490 e. The number of sulfonamides is 1. The lowest BCUT2D eigenvalue weighted by Gasteiger charge is -2.51. The molecule has 0 unspecified atom stereocenters. The van der Waals surface area contributed by atoms with Gasteiger partial charge in [0, 0.05) is 29.1 Å². The predicted molar refractivity (Wildman–Crippen MR) is 193 cm³/mol. The van der Waals surface area contributed by atoms with Crippen molar-refractivity contribution < 1.29 is 23.1 Å². The molecule has 6 atom stereocenters. The summed E-state index contributed by atoms with van der Waals surface area (Å²) in [4.78, 5) is 15.8. The number of benzene rings is 2. The van der Waals surface area contributed by atoms with Crippen LogP contribution in [0.15, 0.2) is 48.6 Å². The largest absolute Gasteiger partial charge is 0.490 e. The number of thioether (sulfide) groups is 2. The first-order chi connectivity index (χ1) is 22.5. The molecule has 7 rings (SSSR count). The third-order valence-corrected chi connectivity index (χ3v) is 16.2. The summed E-state index contributed by atoms with van der Waals surface area (Å²) in [6, 6.07) is 11.5. The van der Waals surface area contributed by atoms with Crippen LogP contribution in [0.2, 0.25) is 5.02 Å². The molecule has 2 aromatic rings. The molecule has 0 radical (unpaired) electrons. The molecule has 2 aromatic carbocycles. The van der Waals surface area contributed by atoms with E-state index >= 15 is 0 Å². The van der Waals surface area contributed by atoms with E-state index in [4.69, 9.17) is 16.3 Å². The van der Waals surface area contributed by atoms with Crippen LogP contribution in [0.5, 0.6) is 5.75 Å². The minimum atomic E-state index is -3.91. The number of nitrogens with one attached hydrogen (secondary N) is 1. The summed E-state index contributed by atoms with van der Waals surface area (Å²) in [7, 11) is -3.91. The zero-order valence-corrected chi connectivity index (χ0v) is 30.3. The van der Waals surface area contributed by atoms with Crippen LogP contribution in [-0.2, 0) is 21.9 Å². The molecule has 1 saturated heterocycles. The number of aliphatic hydroxyl groups is 1. The summed E-state index contributed by atoms with van der Waals surface area (Å²) in [5.41, 5.74) is 2.31. The number of halogens is 1. The second-order valence-corrected chi connectivity index (χ2v) is 19.4. The molecule has 0 aromatic heterocycles. The number of hydrogen-bond donors (Lipinski definition) is 2. The van der Waals surface area contributed by atoms with E-state index in [1.54, 1.807) is 12.1 Å². The van der Waals surface area contributed by atoms with Crippen molar-refractivity contribution in [2.45, 2.75) is 68.0 Å². The van der Waals surface area contributed by atoms with E-state index < -0.39 is 21.5 Å². The molecule has 11 heteroatoms. The van der Waals surface area contributed by atoms with Crippen molar-refractivity contribution in [2.75, 3.05) is 41.9 Å². The zero-order chi connectivity index (χ0) is 33.0. The fourth-order valence-corrected chi connectivity index (χ4v) is 13.2. The van der Waals surface area contributed by atoms with Crippen LogP contribution in [0.3, 0.4) is 0 Å². The Bertz CT molecular complexity index is 1660. The van der Waals surface area contributed by atoms with Gasteiger partial charge in [-0.3, -0.25) is 4.79 Å². The molecule has 2 bridgehead atoms. The maximum atomic E-state index is 13.4. The molecule has 1 saturated carbocycles. The lowest BCUT2D eigenvalue weighted by molar-refractivity contribution is -0.0335. The zero-order valence-electron chi connectivity index (χ0n) is 27.1. The maximum Gasteiger partial charge on any atom is 0.264 e. The lowest BCUT2D eigenvalue weighted by atomic mass is 9.64. The average Bonchev–Trinajstić information content (AvgIpc) is 3.18. The van der Waals surface area contributed by atoms with Crippen molar-refractivity contribution in [3.05, 3.63) is 70.3 Å². The molecule has 5 aliphatic rings. The van der Waals surface area contributed by atoms with Gasteiger partial charge in [-0.1, -0.05) is 43.7 Å². The number of aryl methyl sites for hydroxylation is 1. The van der Waals surface area contributed by atoms with Gasteiger partial charge in [-0.05, 0) is 115 Å². The van der Waals surface area contributed by atoms with Crippen LogP contribution in [0, 0.1) is 23.7 Å².